The van der Waals surface area contributed by atoms with Gasteiger partial charge in [-0.25, -0.2) is 4.90 Å². The van der Waals surface area contributed by atoms with E-state index in [1.54, 1.807) is 12.1 Å². The van der Waals surface area contributed by atoms with Crippen molar-refractivity contribution in [3.63, 3.8) is 0 Å². The van der Waals surface area contributed by atoms with Crippen LogP contribution in [0.15, 0.2) is 76.2 Å². The molecule has 1 aliphatic rings. The molecule has 3 aromatic rings. The maximum absolute atomic E-state index is 13.6. The molecule has 0 atom stereocenters. The van der Waals surface area contributed by atoms with Crippen molar-refractivity contribution in [2.45, 2.75) is 32.6 Å². The summed E-state index contributed by atoms with van der Waals surface area (Å²) in [5.74, 6) is -0.699. The van der Waals surface area contributed by atoms with Crippen LogP contribution < -0.4 is 10.2 Å². The Balaban J connectivity index is 1.79. The maximum atomic E-state index is 13.6. The normalized spacial score (nSPS) is 13.8. The lowest BCUT2D eigenvalue weighted by atomic mass is 10.1. The van der Waals surface area contributed by atoms with E-state index in [-0.39, 0.29) is 17.5 Å². The van der Waals surface area contributed by atoms with Crippen LogP contribution in [0.2, 0.25) is 5.02 Å². The molecule has 0 saturated heterocycles. The van der Waals surface area contributed by atoms with Gasteiger partial charge in [-0.1, -0.05) is 41.6 Å². The Labute approximate surface area is 197 Å². The number of amides is 2. The third-order valence-corrected chi connectivity index (χ3v) is 6.73. The Bertz CT molecular complexity index is 1250. The first-order valence-electron chi connectivity index (χ1n) is 10.2. The summed E-state index contributed by atoms with van der Waals surface area (Å²) >= 11 is 7.28. The number of carbonyl (C=O) groups excluding carboxylic acids is 2. The minimum absolute atomic E-state index is 0.279. The lowest BCUT2D eigenvalue weighted by Crippen LogP contribution is -2.33. The summed E-state index contributed by atoms with van der Waals surface area (Å²) < 4.78 is 0. The molecule has 162 valence electrons. The lowest BCUT2D eigenvalue weighted by molar-refractivity contribution is -0.120. The number of nitrogens with one attached hydrogen (secondary N) is 1. The van der Waals surface area contributed by atoms with Gasteiger partial charge < -0.3 is 5.32 Å². The van der Waals surface area contributed by atoms with Gasteiger partial charge in [-0.15, -0.1) is 0 Å². The third-order valence-electron chi connectivity index (χ3n) is 5.38. The van der Waals surface area contributed by atoms with E-state index >= 15 is 0 Å². The average molecular weight is 463 g/mol. The average Bonchev–Trinajstić information content (AvgIpc) is 2.95. The SMILES string of the molecule is Cc1cc(C)cc(NC2=C(Sc3ccc(Cl)cc3)C(=O)N(c3cccc(C)c3C)C2=O)c1. The Kier molecular flexibility index (Phi) is 6.13. The van der Waals surface area contributed by atoms with Gasteiger partial charge in [0.25, 0.3) is 11.8 Å². The van der Waals surface area contributed by atoms with Crippen molar-refractivity contribution in [3.8, 4) is 0 Å². The summed E-state index contributed by atoms with van der Waals surface area (Å²) in [7, 11) is 0. The smallest absolute Gasteiger partial charge is 0.283 e. The van der Waals surface area contributed by atoms with Crippen molar-refractivity contribution >= 4 is 46.6 Å². The highest BCUT2D eigenvalue weighted by Crippen LogP contribution is 2.39. The number of halogens is 1. The van der Waals surface area contributed by atoms with Crippen molar-refractivity contribution in [1.82, 2.24) is 0 Å². The molecule has 2 amide bonds. The number of anilines is 2. The molecule has 0 bridgehead atoms. The molecule has 0 unspecified atom stereocenters. The van der Waals surface area contributed by atoms with Gasteiger partial charge in [-0.2, -0.15) is 0 Å². The van der Waals surface area contributed by atoms with Crippen LogP contribution in [0.1, 0.15) is 22.3 Å². The molecule has 0 aromatic heterocycles. The molecule has 1 heterocycles. The number of nitrogens with zero attached hydrogens (tertiary/aromatic N) is 1. The minimum Gasteiger partial charge on any atom is -0.350 e. The number of hydrogen-bond donors (Lipinski definition) is 1. The van der Waals surface area contributed by atoms with Gasteiger partial charge in [0.1, 0.15) is 10.6 Å². The second-order valence-corrected chi connectivity index (χ2v) is 9.45. The van der Waals surface area contributed by atoms with Gasteiger partial charge in [0, 0.05) is 15.6 Å². The highest BCUT2D eigenvalue weighted by molar-refractivity contribution is 8.04. The summed E-state index contributed by atoms with van der Waals surface area (Å²) in [4.78, 5) is 29.6. The topological polar surface area (TPSA) is 49.4 Å². The lowest BCUT2D eigenvalue weighted by Gasteiger charge is -2.19. The highest BCUT2D eigenvalue weighted by atomic mass is 35.5. The van der Waals surface area contributed by atoms with E-state index in [4.69, 9.17) is 11.6 Å². The van der Waals surface area contributed by atoms with Crippen molar-refractivity contribution in [1.29, 1.82) is 0 Å². The molecule has 0 fully saturated rings. The van der Waals surface area contributed by atoms with Crippen LogP contribution >= 0.6 is 23.4 Å². The number of carbonyl (C=O) groups is 2. The fourth-order valence-electron chi connectivity index (χ4n) is 3.72. The zero-order chi connectivity index (χ0) is 23.0. The van der Waals surface area contributed by atoms with Crippen LogP contribution in [-0.2, 0) is 9.59 Å². The standard InChI is InChI=1S/C26H23ClN2O2S/c1-15-12-16(2)14-20(13-15)28-23-24(32-21-10-8-19(27)9-11-21)26(31)29(25(23)30)22-7-5-6-17(3)18(22)4/h5-14,28H,1-4H3. The minimum atomic E-state index is -0.362. The second kappa shape index (κ2) is 8.85. The van der Waals surface area contributed by atoms with E-state index in [0.29, 0.717) is 15.6 Å². The van der Waals surface area contributed by atoms with Gasteiger partial charge in [0.2, 0.25) is 0 Å². The summed E-state index contributed by atoms with van der Waals surface area (Å²) in [5, 5.41) is 3.85. The number of benzene rings is 3. The third kappa shape index (κ3) is 4.31. The molecular weight excluding hydrogens is 440 g/mol. The molecule has 6 heteroatoms. The molecule has 1 aliphatic heterocycles. The van der Waals surface area contributed by atoms with Gasteiger partial charge in [0.15, 0.2) is 0 Å². The number of rotatable bonds is 5. The van der Waals surface area contributed by atoms with Crippen LogP contribution in [0.25, 0.3) is 0 Å². The second-order valence-electron chi connectivity index (χ2n) is 7.93. The Morgan fingerprint density at radius 3 is 2.16 bits per heavy atom. The summed E-state index contributed by atoms with van der Waals surface area (Å²) in [6.45, 7) is 7.89. The predicted octanol–water partition coefficient (Wildman–Crippen LogP) is 6.56. The zero-order valence-corrected chi connectivity index (χ0v) is 19.9. The van der Waals surface area contributed by atoms with Crippen molar-refractivity contribution < 1.29 is 9.59 Å². The molecule has 0 aliphatic carbocycles. The highest BCUT2D eigenvalue weighted by Gasteiger charge is 2.41. The van der Waals surface area contributed by atoms with Crippen molar-refractivity contribution in [2.24, 2.45) is 0 Å². The summed E-state index contributed by atoms with van der Waals surface area (Å²) in [6.07, 6.45) is 0. The summed E-state index contributed by atoms with van der Waals surface area (Å²) in [6, 6.07) is 18.8. The Hall–Kier alpha value is -3.02. The van der Waals surface area contributed by atoms with Gasteiger partial charge >= 0.3 is 0 Å². The molecule has 3 aromatic carbocycles. The molecular formula is C26H23ClN2O2S. The molecule has 1 N–H and O–H groups in total. The Morgan fingerprint density at radius 2 is 1.50 bits per heavy atom. The number of thioether (sulfide) groups is 1. The van der Waals surface area contributed by atoms with E-state index < -0.39 is 0 Å². The van der Waals surface area contributed by atoms with Gasteiger partial charge in [0.05, 0.1) is 5.69 Å². The maximum Gasteiger partial charge on any atom is 0.283 e. The quantitative estimate of drug-likeness (QED) is 0.436. The predicted molar refractivity (Wildman–Crippen MR) is 132 cm³/mol. The molecule has 0 spiro atoms. The number of aryl methyl sites for hydroxylation is 3. The number of imide groups is 1. The fourth-order valence-corrected chi connectivity index (χ4v) is 4.78. The first-order chi connectivity index (χ1) is 15.2. The molecule has 32 heavy (non-hydrogen) atoms. The van der Waals surface area contributed by atoms with Crippen LogP contribution in [0.5, 0.6) is 0 Å². The van der Waals surface area contributed by atoms with Crippen LogP contribution in [0.4, 0.5) is 11.4 Å². The molecule has 4 rings (SSSR count). The van der Waals surface area contributed by atoms with E-state index in [2.05, 4.69) is 11.4 Å². The van der Waals surface area contributed by atoms with Gasteiger partial charge in [-0.05, 0) is 92.4 Å². The van der Waals surface area contributed by atoms with Gasteiger partial charge in [-0.3, -0.25) is 9.59 Å². The van der Waals surface area contributed by atoms with E-state index in [1.165, 1.54) is 16.7 Å². The largest absolute Gasteiger partial charge is 0.350 e. The fraction of sp³-hybridized carbons (Fsp3) is 0.154. The first-order valence-corrected chi connectivity index (χ1v) is 11.4. The zero-order valence-electron chi connectivity index (χ0n) is 18.3. The molecule has 0 radical (unpaired) electrons. The molecule has 4 nitrogen and oxygen atoms in total. The van der Waals surface area contributed by atoms with Crippen molar-refractivity contribution in [3.05, 3.63) is 98.5 Å². The van der Waals surface area contributed by atoms with E-state index in [0.717, 1.165) is 32.8 Å². The summed E-state index contributed by atoms with van der Waals surface area (Å²) in [5.41, 5.74) is 5.72. The van der Waals surface area contributed by atoms with Crippen LogP contribution in [0.3, 0.4) is 0 Å². The van der Waals surface area contributed by atoms with Crippen molar-refractivity contribution in [2.75, 3.05) is 10.2 Å². The first kappa shape index (κ1) is 22.2. The Morgan fingerprint density at radius 1 is 0.844 bits per heavy atom. The molecule has 0 saturated carbocycles. The monoisotopic (exact) mass is 462 g/mol. The van der Waals surface area contributed by atoms with Crippen LogP contribution in [-0.4, -0.2) is 11.8 Å². The van der Waals surface area contributed by atoms with Crippen LogP contribution in [0, 0.1) is 27.7 Å². The number of hydrogen-bond acceptors (Lipinski definition) is 4. The van der Waals surface area contributed by atoms with E-state index in [9.17, 15) is 9.59 Å². The van der Waals surface area contributed by atoms with E-state index in [1.807, 2.05) is 70.2 Å².